The summed E-state index contributed by atoms with van der Waals surface area (Å²) in [5.74, 6) is 1.52. The Hall–Kier alpha value is -0.610. The molecule has 1 amide bonds. The van der Waals surface area contributed by atoms with Crippen molar-refractivity contribution in [3.05, 3.63) is 0 Å². The number of nitrogens with zero attached hydrogens (tertiary/aromatic N) is 1. The molecule has 4 heteroatoms. The van der Waals surface area contributed by atoms with E-state index in [1.165, 1.54) is 0 Å². The van der Waals surface area contributed by atoms with Crippen LogP contribution in [0.1, 0.15) is 47.5 Å². The molecular weight excluding hydrogens is 264 g/mol. The smallest absolute Gasteiger partial charge is 0.229 e. The number of ether oxygens (including phenoxy) is 1. The molecule has 1 aliphatic heterocycles. The van der Waals surface area contributed by atoms with Crippen LogP contribution in [0.5, 0.6) is 0 Å². The Morgan fingerprint density at radius 3 is 2.19 bits per heavy atom. The molecule has 1 rings (SSSR count). The highest BCUT2D eigenvalue weighted by Crippen LogP contribution is 2.18. The van der Waals surface area contributed by atoms with Crippen LogP contribution in [0, 0.1) is 17.8 Å². The Kier molecular flexibility index (Phi) is 8.27. The zero-order valence-corrected chi connectivity index (χ0v) is 14.5. The zero-order chi connectivity index (χ0) is 15.8. The van der Waals surface area contributed by atoms with Crippen molar-refractivity contribution in [2.45, 2.75) is 53.5 Å². The highest BCUT2D eigenvalue weighted by molar-refractivity contribution is 5.80. The quantitative estimate of drug-likeness (QED) is 0.711. The SMILES string of the molecule is CCNC1COCC1C(=O)N(CCC(C)C)CCC(C)C. The first-order chi connectivity index (χ1) is 9.95. The molecule has 0 aromatic heterocycles. The Bertz CT molecular complexity index is 293. The fourth-order valence-corrected chi connectivity index (χ4v) is 2.66. The minimum atomic E-state index is -0.00993. The molecule has 1 aliphatic rings. The summed E-state index contributed by atoms with van der Waals surface area (Å²) in [7, 11) is 0. The summed E-state index contributed by atoms with van der Waals surface area (Å²) in [6.07, 6.45) is 2.15. The molecule has 1 fully saturated rings. The largest absolute Gasteiger partial charge is 0.379 e. The Balaban J connectivity index is 2.63. The van der Waals surface area contributed by atoms with Crippen molar-refractivity contribution in [1.29, 1.82) is 0 Å². The normalized spacial score (nSPS) is 22.2. The molecule has 1 saturated heterocycles. The van der Waals surface area contributed by atoms with Crippen LogP contribution in [0.3, 0.4) is 0 Å². The van der Waals surface area contributed by atoms with E-state index in [9.17, 15) is 4.79 Å². The topological polar surface area (TPSA) is 41.6 Å². The molecule has 124 valence electrons. The van der Waals surface area contributed by atoms with Gasteiger partial charge in [0.15, 0.2) is 0 Å². The third-order valence-electron chi connectivity index (χ3n) is 4.13. The van der Waals surface area contributed by atoms with E-state index in [2.05, 4.69) is 44.8 Å². The van der Waals surface area contributed by atoms with Gasteiger partial charge in [-0.15, -0.1) is 0 Å². The van der Waals surface area contributed by atoms with Crippen molar-refractivity contribution in [3.8, 4) is 0 Å². The van der Waals surface area contributed by atoms with Gasteiger partial charge in [0.25, 0.3) is 0 Å². The predicted octanol–water partition coefficient (Wildman–Crippen LogP) is 2.53. The first-order valence-corrected chi connectivity index (χ1v) is 8.55. The van der Waals surface area contributed by atoms with Gasteiger partial charge in [0, 0.05) is 19.1 Å². The molecule has 0 aromatic rings. The number of rotatable bonds is 9. The minimum Gasteiger partial charge on any atom is -0.379 e. The molecule has 2 atom stereocenters. The molecular formula is C17H34N2O2. The standard InChI is InChI=1S/C17H34N2O2/c1-6-18-16-12-21-11-15(16)17(20)19(9-7-13(2)3)10-8-14(4)5/h13-16,18H,6-12H2,1-5H3. The van der Waals surface area contributed by atoms with E-state index in [1.807, 2.05) is 0 Å². The lowest BCUT2D eigenvalue weighted by molar-refractivity contribution is -0.136. The van der Waals surface area contributed by atoms with Crippen LogP contribution in [0.2, 0.25) is 0 Å². The summed E-state index contributed by atoms with van der Waals surface area (Å²) in [6.45, 7) is 14.8. The van der Waals surface area contributed by atoms with Gasteiger partial charge in [0.05, 0.1) is 19.1 Å². The second kappa shape index (κ2) is 9.42. The maximum absolute atomic E-state index is 12.9. The Morgan fingerprint density at radius 1 is 1.14 bits per heavy atom. The average Bonchev–Trinajstić information content (AvgIpc) is 2.86. The Morgan fingerprint density at radius 2 is 1.71 bits per heavy atom. The monoisotopic (exact) mass is 298 g/mol. The molecule has 0 spiro atoms. The van der Waals surface area contributed by atoms with Gasteiger partial charge in [-0.05, 0) is 31.2 Å². The van der Waals surface area contributed by atoms with E-state index in [1.54, 1.807) is 0 Å². The lowest BCUT2D eigenvalue weighted by atomic mass is 10.0. The molecule has 0 aromatic carbocycles. The Labute approximate surface area is 130 Å². The molecule has 0 radical (unpaired) electrons. The zero-order valence-electron chi connectivity index (χ0n) is 14.5. The maximum atomic E-state index is 12.9. The summed E-state index contributed by atoms with van der Waals surface area (Å²) in [5, 5.41) is 3.39. The van der Waals surface area contributed by atoms with Crippen molar-refractivity contribution in [1.82, 2.24) is 10.2 Å². The number of hydrogen-bond donors (Lipinski definition) is 1. The van der Waals surface area contributed by atoms with Gasteiger partial charge in [0.2, 0.25) is 5.91 Å². The first-order valence-electron chi connectivity index (χ1n) is 8.55. The van der Waals surface area contributed by atoms with E-state index < -0.39 is 0 Å². The predicted molar refractivity (Wildman–Crippen MR) is 87.3 cm³/mol. The third kappa shape index (κ3) is 6.35. The average molecular weight is 298 g/mol. The van der Waals surface area contributed by atoms with Crippen LogP contribution in [0.25, 0.3) is 0 Å². The van der Waals surface area contributed by atoms with Crippen molar-refractivity contribution in [2.24, 2.45) is 17.8 Å². The second-order valence-electron chi connectivity index (χ2n) is 7.00. The van der Waals surface area contributed by atoms with E-state index in [0.29, 0.717) is 25.0 Å². The molecule has 1 heterocycles. The number of hydrogen-bond acceptors (Lipinski definition) is 3. The summed E-state index contributed by atoms with van der Waals surface area (Å²) in [5.41, 5.74) is 0. The first kappa shape index (κ1) is 18.4. The maximum Gasteiger partial charge on any atom is 0.229 e. The molecule has 2 unspecified atom stereocenters. The van der Waals surface area contributed by atoms with E-state index >= 15 is 0 Å². The lowest BCUT2D eigenvalue weighted by Gasteiger charge is -2.29. The van der Waals surface area contributed by atoms with Gasteiger partial charge in [0.1, 0.15) is 0 Å². The van der Waals surface area contributed by atoms with Crippen LogP contribution in [-0.4, -0.2) is 49.7 Å². The number of nitrogens with one attached hydrogen (secondary N) is 1. The number of carbonyl (C=O) groups excluding carboxylic acids is 1. The fraction of sp³-hybridized carbons (Fsp3) is 0.941. The van der Waals surface area contributed by atoms with Crippen LogP contribution in [0.4, 0.5) is 0 Å². The molecule has 1 N–H and O–H groups in total. The van der Waals surface area contributed by atoms with E-state index in [0.717, 1.165) is 32.5 Å². The van der Waals surface area contributed by atoms with Crippen molar-refractivity contribution in [2.75, 3.05) is 32.8 Å². The summed E-state index contributed by atoms with van der Waals surface area (Å²) in [4.78, 5) is 14.9. The van der Waals surface area contributed by atoms with Crippen LogP contribution >= 0.6 is 0 Å². The van der Waals surface area contributed by atoms with Gasteiger partial charge in [-0.2, -0.15) is 0 Å². The number of amides is 1. The van der Waals surface area contributed by atoms with Gasteiger partial charge < -0.3 is 15.0 Å². The van der Waals surface area contributed by atoms with Gasteiger partial charge in [-0.25, -0.2) is 0 Å². The van der Waals surface area contributed by atoms with Crippen LogP contribution in [-0.2, 0) is 9.53 Å². The summed E-state index contributed by atoms with van der Waals surface area (Å²) < 4.78 is 5.53. The van der Waals surface area contributed by atoms with Crippen molar-refractivity contribution < 1.29 is 9.53 Å². The molecule has 0 bridgehead atoms. The van der Waals surface area contributed by atoms with Gasteiger partial charge in [-0.3, -0.25) is 4.79 Å². The molecule has 21 heavy (non-hydrogen) atoms. The minimum absolute atomic E-state index is 0.00993. The van der Waals surface area contributed by atoms with Gasteiger partial charge in [-0.1, -0.05) is 34.6 Å². The highest BCUT2D eigenvalue weighted by Gasteiger charge is 2.35. The summed E-state index contributed by atoms with van der Waals surface area (Å²) in [6, 6.07) is 0.183. The second-order valence-corrected chi connectivity index (χ2v) is 7.00. The van der Waals surface area contributed by atoms with Gasteiger partial charge >= 0.3 is 0 Å². The molecule has 0 aliphatic carbocycles. The number of likely N-dealkylation sites (N-methyl/N-ethyl adjacent to an activating group) is 1. The lowest BCUT2D eigenvalue weighted by Crippen LogP contribution is -2.46. The fourth-order valence-electron chi connectivity index (χ4n) is 2.66. The van der Waals surface area contributed by atoms with Crippen molar-refractivity contribution in [3.63, 3.8) is 0 Å². The summed E-state index contributed by atoms with van der Waals surface area (Å²) >= 11 is 0. The number of carbonyl (C=O) groups is 1. The third-order valence-corrected chi connectivity index (χ3v) is 4.13. The van der Waals surface area contributed by atoms with E-state index in [4.69, 9.17) is 4.74 Å². The molecule has 4 nitrogen and oxygen atoms in total. The molecule has 0 saturated carbocycles. The highest BCUT2D eigenvalue weighted by atomic mass is 16.5. The van der Waals surface area contributed by atoms with Crippen molar-refractivity contribution >= 4 is 5.91 Å². The van der Waals surface area contributed by atoms with E-state index in [-0.39, 0.29) is 17.9 Å². The van der Waals surface area contributed by atoms with Crippen LogP contribution < -0.4 is 5.32 Å². The van der Waals surface area contributed by atoms with Crippen LogP contribution in [0.15, 0.2) is 0 Å².